The molecule has 1 aromatic heterocycles. The zero-order chi connectivity index (χ0) is 12.3. The number of anilines is 1. The second-order valence-electron chi connectivity index (χ2n) is 4.66. The third kappa shape index (κ3) is 2.34. The molecule has 1 saturated heterocycles. The van der Waals surface area contributed by atoms with Crippen molar-refractivity contribution < 1.29 is 4.79 Å². The summed E-state index contributed by atoms with van der Waals surface area (Å²) in [6.45, 7) is 3.04. The summed E-state index contributed by atoms with van der Waals surface area (Å²) in [7, 11) is 1.82. The molecule has 0 aliphatic carbocycles. The Morgan fingerprint density at radius 2 is 2.53 bits per heavy atom. The Balaban J connectivity index is 2.10. The molecule has 5 heteroatoms. The minimum absolute atomic E-state index is 0.0699. The lowest BCUT2D eigenvalue weighted by molar-refractivity contribution is -0.122. The Kier molecular flexibility index (Phi) is 3.47. The SMILES string of the molecule is CCCC1(C(=O)Nc2ccnn2C)CCCN1. The Morgan fingerprint density at radius 1 is 1.71 bits per heavy atom. The molecule has 5 nitrogen and oxygen atoms in total. The molecule has 2 N–H and O–H groups in total. The summed E-state index contributed by atoms with van der Waals surface area (Å²) >= 11 is 0. The largest absolute Gasteiger partial charge is 0.309 e. The van der Waals surface area contributed by atoms with E-state index in [-0.39, 0.29) is 11.4 Å². The number of amides is 1. The molecule has 0 bridgehead atoms. The smallest absolute Gasteiger partial charge is 0.245 e. The first-order valence-electron chi connectivity index (χ1n) is 6.22. The summed E-state index contributed by atoms with van der Waals surface area (Å²) in [5, 5.41) is 10.4. The Bertz CT molecular complexity index is 393. The second kappa shape index (κ2) is 4.87. The van der Waals surface area contributed by atoms with Crippen molar-refractivity contribution in [2.75, 3.05) is 11.9 Å². The first kappa shape index (κ1) is 12.1. The Morgan fingerprint density at radius 3 is 3.06 bits per heavy atom. The number of rotatable bonds is 4. The maximum absolute atomic E-state index is 12.4. The van der Waals surface area contributed by atoms with Crippen molar-refractivity contribution in [3.63, 3.8) is 0 Å². The second-order valence-corrected chi connectivity index (χ2v) is 4.66. The van der Waals surface area contributed by atoms with Crippen LogP contribution >= 0.6 is 0 Å². The van der Waals surface area contributed by atoms with Gasteiger partial charge in [0.05, 0.1) is 11.7 Å². The van der Waals surface area contributed by atoms with Crippen molar-refractivity contribution in [1.29, 1.82) is 0 Å². The molecule has 1 aliphatic rings. The van der Waals surface area contributed by atoms with Gasteiger partial charge in [0.25, 0.3) is 0 Å². The zero-order valence-electron chi connectivity index (χ0n) is 10.5. The highest BCUT2D eigenvalue weighted by Gasteiger charge is 2.40. The number of hydrogen-bond acceptors (Lipinski definition) is 3. The van der Waals surface area contributed by atoms with Crippen LogP contribution in [0, 0.1) is 0 Å². The maximum atomic E-state index is 12.4. The standard InChI is InChI=1S/C12H20N4O/c1-3-6-12(7-4-8-13-12)11(17)15-10-5-9-14-16(10)2/h5,9,13H,3-4,6-8H2,1-2H3,(H,15,17). The van der Waals surface area contributed by atoms with Crippen LogP contribution < -0.4 is 10.6 Å². The quantitative estimate of drug-likeness (QED) is 0.828. The van der Waals surface area contributed by atoms with Crippen molar-refractivity contribution >= 4 is 11.7 Å². The molecule has 2 heterocycles. The molecule has 1 aromatic rings. The third-order valence-electron chi connectivity index (χ3n) is 3.42. The van der Waals surface area contributed by atoms with Gasteiger partial charge in [0.2, 0.25) is 5.91 Å². The normalized spacial score (nSPS) is 23.9. The van der Waals surface area contributed by atoms with Crippen LogP contribution in [0.15, 0.2) is 12.3 Å². The number of aryl methyl sites for hydroxylation is 1. The summed E-state index contributed by atoms with van der Waals surface area (Å²) in [5.41, 5.74) is -0.376. The van der Waals surface area contributed by atoms with Crippen molar-refractivity contribution in [3.05, 3.63) is 12.3 Å². The molecular formula is C12H20N4O. The minimum atomic E-state index is -0.376. The number of nitrogens with one attached hydrogen (secondary N) is 2. The van der Waals surface area contributed by atoms with Gasteiger partial charge in [0.1, 0.15) is 5.82 Å². The van der Waals surface area contributed by atoms with Gasteiger partial charge < -0.3 is 10.6 Å². The van der Waals surface area contributed by atoms with E-state index in [0.29, 0.717) is 0 Å². The molecule has 1 atom stereocenters. The van der Waals surface area contributed by atoms with Gasteiger partial charge in [-0.1, -0.05) is 13.3 Å². The van der Waals surface area contributed by atoms with Gasteiger partial charge >= 0.3 is 0 Å². The Labute approximate surface area is 102 Å². The van der Waals surface area contributed by atoms with Crippen molar-refractivity contribution in [2.45, 2.75) is 38.1 Å². The molecule has 0 aromatic carbocycles. The summed E-state index contributed by atoms with van der Waals surface area (Å²) in [5.74, 6) is 0.819. The fourth-order valence-corrected chi connectivity index (χ4v) is 2.49. The molecule has 2 rings (SSSR count). The summed E-state index contributed by atoms with van der Waals surface area (Å²) in [4.78, 5) is 12.4. The van der Waals surface area contributed by atoms with Crippen LogP contribution in [-0.2, 0) is 11.8 Å². The van der Waals surface area contributed by atoms with Crippen LogP contribution in [0.5, 0.6) is 0 Å². The van der Waals surface area contributed by atoms with E-state index in [1.165, 1.54) is 0 Å². The molecule has 0 radical (unpaired) electrons. The highest BCUT2D eigenvalue weighted by Crippen LogP contribution is 2.26. The molecular weight excluding hydrogens is 216 g/mol. The van der Waals surface area contributed by atoms with E-state index in [4.69, 9.17) is 0 Å². The molecule has 0 spiro atoms. The number of carbonyl (C=O) groups is 1. The molecule has 17 heavy (non-hydrogen) atoms. The fourth-order valence-electron chi connectivity index (χ4n) is 2.49. The van der Waals surface area contributed by atoms with Gasteiger partial charge in [-0.2, -0.15) is 5.10 Å². The van der Waals surface area contributed by atoms with E-state index in [1.807, 2.05) is 13.1 Å². The van der Waals surface area contributed by atoms with Crippen LogP contribution in [0.25, 0.3) is 0 Å². The topological polar surface area (TPSA) is 59.0 Å². The highest BCUT2D eigenvalue weighted by molar-refractivity contribution is 5.97. The van der Waals surface area contributed by atoms with E-state index in [0.717, 1.165) is 38.0 Å². The van der Waals surface area contributed by atoms with Crippen LogP contribution in [0.2, 0.25) is 0 Å². The highest BCUT2D eigenvalue weighted by atomic mass is 16.2. The molecule has 0 saturated carbocycles. The van der Waals surface area contributed by atoms with Crippen molar-refractivity contribution in [2.24, 2.45) is 7.05 Å². The predicted octanol–water partition coefficient (Wildman–Crippen LogP) is 1.28. The van der Waals surface area contributed by atoms with Crippen LogP contribution in [-0.4, -0.2) is 27.8 Å². The van der Waals surface area contributed by atoms with Gasteiger partial charge in [0, 0.05) is 13.1 Å². The van der Waals surface area contributed by atoms with E-state index < -0.39 is 0 Å². The molecule has 1 unspecified atom stereocenters. The first-order valence-corrected chi connectivity index (χ1v) is 6.22. The summed E-state index contributed by atoms with van der Waals surface area (Å²) in [6.07, 6.45) is 5.57. The molecule has 1 amide bonds. The van der Waals surface area contributed by atoms with Crippen molar-refractivity contribution in [1.82, 2.24) is 15.1 Å². The minimum Gasteiger partial charge on any atom is -0.309 e. The van der Waals surface area contributed by atoms with Crippen LogP contribution in [0.1, 0.15) is 32.6 Å². The van der Waals surface area contributed by atoms with Crippen molar-refractivity contribution in [3.8, 4) is 0 Å². The van der Waals surface area contributed by atoms with Gasteiger partial charge in [-0.3, -0.25) is 9.48 Å². The van der Waals surface area contributed by atoms with E-state index in [9.17, 15) is 4.79 Å². The average Bonchev–Trinajstić information content (AvgIpc) is 2.91. The van der Waals surface area contributed by atoms with Crippen LogP contribution in [0.4, 0.5) is 5.82 Å². The van der Waals surface area contributed by atoms with E-state index in [2.05, 4.69) is 22.7 Å². The van der Waals surface area contributed by atoms with Gasteiger partial charge in [-0.15, -0.1) is 0 Å². The summed E-state index contributed by atoms with van der Waals surface area (Å²) in [6, 6.07) is 1.81. The average molecular weight is 236 g/mol. The van der Waals surface area contributed by atoms with Gasteiger partial charge in [-0.05, 0) is 25.8 Å². The lowest BCUT2D eigenvalue weighted by atomic mass is 9.91. The van der Waals surface area contributed by atoms with Gasteiger partial charge in [-0.25, -0.2) is 0 Å². The fraction of sp³-hybridized carbons (Fsp3) is 0.667. The number of nitrogens with zero attached hydrogens (tertiary/aromatic N) is 2. The lowest BCUT2D eigenvalue weighted by Crippen LogP contribution is -2.50. The molecule has 94 valence electrons. The monoisotopic (exact) mass is 236 g/mol. The van der Waals surface area contributed by atoms with E-state index in [1.54, 1.807) is 10.9 Å². The van der Waals surface area contributed by atoms with Crippen LogP contribution in [0.3, 0.4) is 0 Å². The number of hydrogen-bond donors (Lipinski definition) is 2. The van der Waals surface area contributed by atoms with E-state index >= 15 is 0 Å². The Hall–Kier alpha value is -1.36. The molecule has 1 aliphatic heterocycles. The maximum Gasteiger partial charge on any atom is 0.245 e. The number of carbonyl (C=O) groups excluding carboxylic acids is 1. The van der Waals surface area contributed by atoms with Gasteiger partial charge in [0.15, 0.2) is 0 Å². The molecule has 1 fully saturated rings. The number of aromatic nitrogens is 2. The predicted molar refractivity (Wildman–Crippen MR) is 66.7 cm³/mol. The lowest BCUT2D eigenvalue weighted by Gasteiger charge is -2.27. The first-order chi connectivity index (χ1) is 8.18. The summed E-state index contributed by atoms with van der Waals surface area (Å²) < 4.78 is 1.67. The third-order valence-corrected chi connectivity index (χ3v) is 3.42. The zero-order valence-corrected chi connectivity index (χ0v) is 10.5.